The van der Waals surface area contributed by atoms with Gasteiger partial charge in [-0.05, 0) is 43.3 Å². The van der Waals surface area contributed by atoms with Crippen LogP contribution in [0.4, 0.5) is 0 Å². The molecule has 212 valence electrons. The molecule has 0 saturated heterocycles. The van der Waals surface area contributed by atoms with Gasteiger partial charge >= 0.3 is 41.5 Å². The van der Waals surface area contributed by atoms with Crippen LogP contribution in [-0.4, -0.2) is 57.9 Å². The topological polar surface area (TPSA) is 154 Å². The Morgan fingerprint density at radius 2 is 1.18 bits per heavy atom. The fourth-order valence-electron chi connectivity index (χ4n) is 5.15. The maximum absolute atomic E-state index is 12.2. The van der Waals surface area contributed by atoms with Gasteiger partial charge in [0.1, 0.15) is 22.4 Å². The van der Waals surface area contributed by atoms with Gasteiger partial charge in [-0.2, -0.15) is 0 Å². The standard InChI is InChI=1S/C17H13N3O2.C15H9N3O2.Na.H2O/c1-2-22-17(21)13-10-12-9-11-5-3-4-6-14(11)19-15(12)20-8-7-18-16(13)20;19-15(20)11-8-10-7-9-3-1-2-4-12(9)17-13(10)18-6-5-16-14(11)18;;/h3-10H,2H2,1H3;1-8H,(H,19,20);;1H2/q;;+1;/p-1. The summed E-state index contributed by atoms with van der Waals surface area (Å²) in [5, 5.41) is 13.0. The number of esters is 1. The van der Waals surface area contributed by atoms with E-state index in [-0.39, 0.29) is 46.6 Å². The van der Waals surface area contributed by atoms with Crippen molar-refractivity contribution in [1.82, 2.24) is 28.7 Å². The summed E-state index contributed by atoms with van der Waals surface area (Å²) in [6.07, 6.45) is 6.78. The molecule has 0 aliphatic rings. The Bertz CT molecular complexity index is 2350. The van der Waals surface area contributed by atoms with Crippen molar-refractivity contribution < 1.29 is 54.5 Å². The van der Waals surface area contributed by atoms with Gasteiger partial charge in [0.05, 0.1) is 17.6 Å². The third-order valence-corrected chi connectivity index (χ3v) is 7.01. The van der Waals surface area contributed by atoms with Crippen LogP contribution in [-0.2, 0) is 4.74 Å². The molecule has 0 amide bonds. The number of fused-ring (bicyclic) bond motifs is 8. The van der Waals surface area contributed by atoms with Crippen LogP contribution in [0.3, 0.4) is 0 Å². The first kappa shape index (κ1) is 30.5. The average Bonchev–Trinajstić information content (AvgIpc) is 3.70. The summed E-state index contributed by atoms with van der Waals surface area (Å²) in [5.41, 5.74) is 4.88. The second kappa shape index (κ2) is 12.3. The Balaban J connectivity index is 0.000000168. The zero-order chi connectivity index (χ0) is 28.8. The number of benzene rings is 2. The van der Waals surface area contributed by atoms with Gasteiger partial charge in [0.25, 0.3) is 0 Å². The Kier molecular flexibility index (Phi) is 8.56. The zero-order valence-corrected chi connectivity index (χ0v) is 25.7. The molecule has 0 fully saturated rings. The summed E-state index contributed by atoms with van der Waals surface area (Å²) in [4.78, 5) is 41.2. The second-order valence-corrected chi connectivity index (χ2v) is 9.57. The Labute approximate surface area is 271 Å². The molecular weight excluding hydrogens is 571 g/mol. The first-order chi connectivity index (χ1) is 20.5. The third kappa shape index (κ3) is 5.22. The van der Waals surface area contributed by atoms with E-state index in [2.05, 4.69) is 15.0 Å². The van der Waals surface area contributed by atoms with Crippen molar-refractivity contribution in [2.75, 3.05) is 6.61 Å². The Morgan fingerprint density at radius 1 is 0.705 bits per heavy atom. The minimum absolute atomic E-state index is 0. The number of aromatic nitrogens is 6. The van der Waals surface area contributed by atoms with E-state index in [4.69, 9.17) is 9.72 Å². The molecule has 11 nitrogen and oxygen atoms in total. The van der Waals surface area contributed by atoms with Gasteiger partial charge in [-0.25, -0.2) is 29.5 Å². The minimum atomic E-state index is -0.990. The number of carboxylic acids is 1. The number of pyridine rings is 4. The van der Waals surface area contributed by atoms with Gasteiger partial charge in [0.15, 0.2) is 11.3 Å². The number of carboxylic acid groups (broad SMARTS) is 1. The number of aromatic carboxylic acids is 1. The fourth-order valence-corrected chi connectivity index (χ4v) is 5.15. The normalized spacial score (nSPS) is 10.8. The summed E-state index contributed by atoms with van der Waals surface area (Å²) in [6, 6.07) is 23.1. The van der Waals surface area contributed by atoms with Gasteiger partial charge in [-0.3, -0.25) is 8.80 Å². The molecule has 2 aromatic carbocycles. The number of nitrogens with zero attached hydrogens (tertiary/aromatic N) is 6. The largest absolute Gasteiger partial charge is 1.00 e. The van der Waals surface area contributed by atoms with Crippen LogP contribution >= 0.6 is 0 Å². The maximum atomic E-state index is 12.2. The van der Waals surface area contributed by atoms with Gasteiger partial charge < -0.3 is 15.3 Å². The first-order valence-corrected chi connectivity index (χ1v) is 13.2. The molecule has 0 aliphatic heterocycles. The average molecular weight is 595 g/mol. The molecular formula is C32H23N6NaO5. The number of hydrogen-bond acceptors (Lipinski definition) is 8. The van der Waals surface area contributed by atoms with Crippen LogP contribution in [0.15, 0.2) is 97.6 Å². The Morgan fingerprint density at radius 3 is 1.68 bits per heavy atom. The molecule has 2 N–H and O–H groups in total. The number of imidazole rings is 2. The first-order valence-electron chi connectivity index (χ1n) is 13.2. The summed E-state index contributed by atoms with van der Waals surface area (Å²) < 4.78 is 8.67. The molecule has 0 unspecified atom stereocenters. The molecule has 0 atom stereocenters. The summed E-state index contributed by atoms with van der Waals surface area (Å²) in [6.45, 7) is 2.12. The molecule has 44 heavy (non-hydrogen) atoms. The summed E-state index contributed by atoms with van der Waals surface area (Å²) >= 11 is 0. The molecule has 0 bridgehead atoms. The van der Waals surface area contributed by atoms with E-state index in [1.54, 1.807) is 42.0 Å². The third-order valence-electron chi connectivity index (χ3n) is 7.01. The van der Waals surface area contributed by atoms with Crippen molar-refractivity contribution in [2.45, 2.75) is 6.92 Å². The van der Waals surface area contributed by atoms with Gasteiger partial charge in [-0.1, -0.05) is 36.4 Å². The molecule has 0 spiro atoms. The van der Waals surface area contributed by atoms with E-state index in [9.17, 15) is 14.7 Å². The predicted molar refractivity (Wildman–Crippen MR) is 161 cm³/mol. The van der Waals surface area contributed by atoms with Gasteiger partial charge in [-0.15, -0.1) is 0 Å². The van der Waals surface area contributed by atoms with Crippen LogP contribution in [0.5, 0.6) is 0 Å². The van der Waals surface area contributed by atoms with Gasteiger partial charge in [0.2, 0.25) is 0 Å². The van der Waals surface area contributed by atoms with E-state index >= 15 is 0 Å². The number of carbonyl (C=O) groups is 2. The van der Waals surface area contributed by atoms with Gasteiger partial charge in [0, 0.05) is 46.3 Å². The predicted octanol–water partition coefficient (Wildman–Crippen LogP) is 2.77. The van der Waals surface area contributed by atoms with Crippen molar-refractivity contribution in [1.29, 1.82) is 0 Å². The number of para-hydroxylation sites is 2. The second-order valence-electron chi connectivity index (χ2n) is 9.57. The van der Waals surface area contributed by atoms with Crippen molar-refractivity contribution in [3.63, 3.8) is 0 Å². The molecule has 6 heterocycles. The fraction of sp³-hybridized carbons (Fsp3) is 0.0625. The van der Waals surface area contributed by atoms with E-state index < -0.39 is 5.97 Å². The summed E-state index contributed by atoms with van der Waals surface area (Å²) in [7, 11) is 0. The van der Waals surface area contributed by atoms with Crippen molar-refractivity contribution in [3.8, 4) is 0 Å². The van der Waals surface area contributed by atoms with Crippen LogP contribution < -0.4 is 29.6 Å². The monoisotopic (exact) mass is 594 g/mol. The molecule has 0 aliphatic carbocycles. The molecule has 8 aromatic rings. The molecule has 6 aromatic heterocycles. The van der Waals surface area contributed by atoms with Crippen LogP contribution in [0.1, 0.15) is 27.6 Å². The van der Waals surface area contributed by atoms with Crippen LogP contribution in [0.2, 0.25) is 0 Å². The molecule has 12 heteroatoms. The minimum Gasteiger partial charge on any atom is -0.870 e. The summed E-state index contributed by atoms with van der Waals surface area (Å²) in [5.74, 6) is -1.36. The number of rotatable bonds is 3. The van der Waals surface area contributed by atoms with E-state index in [1.807, 2.05) is 71.3 Å². The molecule has 0 saturated carbocycles. The zero-order valence-electron chi connectivity index (χ0n) is 23.7. The van der Waals surface area contributed by atoms with E-state index in [0.29, 0.717) is 29.1 Å². The smallest absolute Gasteiger partial charge is 0.870 e. The van der Waals surface area contributed by atoms with E-state index in [0.717, 1.165) is 38.2 Å². The quantitative estimate of drug-likeness (QED) is 0.185. The number of ether oxygens (including phenoxy) is 1. The van der Waals surface area contributed by atoms with Crippen molar-refractivity contribution in [3.05, 3.63) is 109 Å². The van der Waals surface area contributed by atoms with Crippen molar-refractivity contribution >= 4 is 67.1 Å². The number of carbonyl (C=O) groups excluding carboxylic acids is 1. The van der Waals surface area contributed by atoms with Crippen LogP contribution in [0, 0.1) is 0 Å². The van der Waals surface area contributed by atoms with E-state index in [1.165, 1.54) is 0 Å². The molecule has 8 rings (SSSR count). The molecule has 0 radical (unpaired) electrons. The van der Waals surface area contributed by atoms with Crippen molar-refractivity contribution in [2.24, 2.45) is 0 Å². The number of hydrogen-bond donors (Lipinski definition) is 1. The Hall–Kier alpha value is -4.94. The SMILES string of the molecule is CCOC(=O)c1cc2cc3ccccc3nc2n2ccnc12.O=C(O)c1cc2cc3ccccc3nc2n2ccnc12.[Na+].[OH-]. The van der Waals surface area contributed by atoms with Crippen LogP contribution in [0.25, 0.3) is 55.2 Å². The maximum Gasteiger partial charge on any atom is 1.00 e.